The first-order valence-electron chi connectivity index (χ1n) is 9.63. The number of nitriles is 1. The van der Waals surface area contributed by atoms with Crippen LogP contribution in [0.4, 0.5) is 5.88 Å². The largest absolute Gasteiger partial charge is 0.436 e. The molecule has 4 heteroatoms. The number of nitrogens with zero attached hydrogens (tertiary/aromatic N) is 2. The van der Waals surface area contributed by atoms with E-state index < -0.39 is 0 Å². The van der Waals surface area contributed by atoms with E-state index in [1.165, 1.54) is 0 Å². The van der Waals surface area contributed by atoms with Gasteiger partial charge in [0, 0.05) is 40.0 Å². The van der Waals surface area contributed by atoms with Gasteiger partial charge in [0.05, 0.1) is 0 Å². The number of para-hydroxylation sites is 1. The van der Waals surface area contributed by atoms with Crippen LogP contribution in [0.25, 0.3) is 33.4 Å². The summed E-state index contributed by atoms with van der Waals surface area (Å²) in [6, 6.07) is 29.9. The maximum Gasteiger partial charge on any atom is 0.238 e. The van der Waals surface area contributed by atoms with Crippen molar-refractivity contribution in [2.45, 2.75) is 0 Å². The first-order chi connectivity index (χ1) is 14.8. The summed E-state index contributed by atoms with van der Waals surface area (Å²) in [4.78, 5) is 7.80. The maximum atomic E-state index is 9.96. The minimum Gasteiger partial charge on any atom is -0.436 e. The molecule has 0 aliphatic heterocycles. The number of furan rings is 1. The summed E-state index contributed by atoms with van der Waals surface area (Å²) in [7, 11) is 0. The number of aromatic amines is 1. The summed E-state index contributed by atoms with van der Waals surface area (Å²) in [5, 5.41) is 11.0. The molecule has 0 bridgehead atoms. The minimum atomic E-state index is 0.306. The van der Waals surface area contributed by atoms with Gasteiger partial charge in [0.2, 0.25) is 5.88 Å². The van der Waals surface area contributed by atoms with Gasteiger partial charge in [-0.2, -0.15) is 5.26 Å². The van der Waals surface area contributed by atoms with E-state index in [9.17, 15) is 5.26 Å². The lowest BCUT2D eigenvalue weighted by Gasteiger charge is -2.03. The summed E-state index contributed by atoms with van der Waals surface area (Å²) >= 11 is 0. The number of hydrogen-bond donors (Lipinski definition) is 1. The number of benzene rings is 3. The Labute approximate surface area is 173 Å². The van der Waals surface area contributed by atoms with Gasteiger partial charge in [-0.3, -0.25) is 0 Å². The van der Waals surface area contributed by atoms with Crippen LogP contribution in [0.5, 0.6) is 0 Å². The molecule has 0 radical (unpaired) electrons. The molecule has 5 aromatic rings. The summed E-state index contributed by atoms with van der Waals surface area (Å²) < 4.78 is 6.16. The minimum absolute atomic E-state index is 0.306. The van der Waals surface area contributed by atoms with Gasteiger partial charge < -0.3 is 9.40 Å². The molecule has 0 unspecified atom stereocenters. The molecule has 0 spiro atoms. The van der Waals surface area contributed by atoms with Crippen molar-refractivity contribution < 1.29 is 4.42 Å². The van der Waals surface area contributed by atoms with Crippen LogP contribution in [-0.2, 0) is 0 Å². The summed E-state index contributed by atoms with van der Waals surface area (Å²) in [6.45, 7) is 0. The second-order valence-electron chi connectivity index (χ2n) is 6.88. The molecule has 0 saturated carbocycles. The smallest absolute Gasteiger partial charge is 0.238 e. The van der Waals surface area contributed by atoms with Crippen molar-refractivity contribution >= 4 is 23.0 Å². The monoisotopic (exact) mass is 387 g/mol. The average Bonchev–Trinajstić information content (AvgIpc) is 3.40. The Kier molecular flexibility index (Phi) is 4.47. The van der Waals surface area contributed by atoms with E-state index in [1.807, 2.05) is 91.1 Å². The van der Waals surface area contributed by atoms with Crippen LogP contribution in [0.15, 0.2) is 101 Å². The number of rotatable bonds is 4. The molecule has 0 fully saturated rings. The van der Waals surface area contributed by atoms with E-state index in [1.54, 1.807) is 6.21 Å². The lowest BCUT2D eigenvalue weighted by molar-refractivity contribution is 0.593. The molecule has 142 valence electrons. The third kappa shape index (κ3) is 3.09. The number of hydrogen-bond acceptors (Lipinski definition) is 3. The molecular formula is C26H17N3O. The highest BCUT2D eigenvalue weighted by atomic mass is 16.4. The average molecular weight is 387 g/mol. The highest BCUT2D eigenvalue weighted by Gasteiger charge is 2.22. The Balaban J connectivity index is 1.68. The second kappa shape index (κ2) is 7.57. The summed E-state index contributed by atoms with van der Waals surface area (Å²) in [5.41, 5.74) is 4.99. The van der Waals surface area contributed by atoms with Crippen LogP contribution >= 0.6 is 0 Å². The predicted molar refractivity (Wildman–Crippen MR) is 120 cm³/mol. The summed E-state index contributed by atoms with van der Waals surface area (Å²) in [6.07, 6.45) is 3.64. The number of aromatic nitrogens is 1. The molecular weight excluding hydrogens is 370 g/mol. The molecule has 2 heterocycles. The molecule has 4 nitrogen and oxygen atoms in total. The fourth-order valence-electron chi connectivity index (χ4n) is 3.62. The van der Waals surface area contributed by atoms with Crippen LogP contribution in [0.2, 0.25) is 0 Å². The quantitative estimate of drug-likeness (QED) is 0.348. The molecule has 30 heavy (non-hydrogen) atoms. The van der Waals surface area contributed by atoms with Gasteiger partial charge in [-0.05, 0) is 11.6 Å². The van der Waals surface area contributed by atoms with E-state index in [-0.39, 0.29) is 0 Å². The molecule has 0 aliphatic rings. The van der Waals surface area contributed by atoms with Crippen molar-refractivity contribution in [3.63, 3.8) is 0 Å². The van der Waals surface area contributed by atoms with Gasteiger partial charge in [-0.15, -0.1) is 0 Å². The Morgan fingerprint density at radius 2 is 1.50 bits per heavy atom. The lowest BCUT2D eigenvalue weighted by Crippen LogP contribution is -1.83. The number of aliphatic imine (C=N–C) groups is 1. The maximum absolute atomic E-state index is 9.96. The number of nitrogens with one attached hydrogen (secondary N) is 1. The fourth-order valence-corrected chi connectivity index (χ4v) is 3.62. The molecule has 3 aromatic carbocycles. The molecule has 0 atom stereocenters. The second-order valence-corrected chi connectivity index (χ2v) is 6.88. The van der Waals surface area contributed by atoms with Gasteiger partial charge in [-0.1, -0.05) is 78.9 Å². The lowest BCUT2D eigenvalue weighted by atomic mass is 9.98. The van der Waals surface area contributed by atoms with E-state index in [0.717, 1.165) is 33.2 Å². The zero-order chi connectivity index (χ0) is 20.3. The number of H-pyrrole nitrogens is 1. The van der Waals surface area contributed by atoms with E-state index in [2.05, 4.69) is 16.0 Å². The number of fused-ring (bicyclic) bond motifs is 1. The molecule has 5 rings (SSSR count). The van der Waals surface area contributed by atoms with Gasteiger partial charge in [0.25, 0.3) is 0 Å². The normalized spacial score (nSPS) is 11.2. The van der Waals surface area contributed by atoms with Crippen molar-refractivity contribution in [2.24, 2.45) is 4.99 Å². The fraction of sp³-hybridized carbons (Fsp3) is 0. The molecule has 1 N–H and O–H groups in total. The third-order valence-electron chi connectivity index (χ3n) is 5.04. The van der Waals surface area contributed by atoms with Crippen LogP contribution in [0.3, 0.4) is 0 Å². The van der Waals surface area contributed by atoms with E-state index in [4.69, 9.17) is 4.42 Å². The Bertz CT molecular complexity index is 1390. The first-order valence-corrected chi connectivity index (χ1v) is 9.63. The van der Waals surface area contributed by atoms with Crippen molar-refractivity contribution in [1.82, 2.24) is 4.98 Å². The Morgan fingerprint density at radius 1 is 0.833 bits per heavy atom. The van der Waals surface area contributed by atoms with Gasteiger partial charge in [0.1, 0.15) is 17.4 Å². The van der Waals surface area contributed by atoms with E-state index >= 15 is 0 Å². The highest BCUT2D eigenvalue weighted by molar-refractivity contribution is 6.00. The highest BCUT2D eigenvalue weighted by Crippen LogP contribution is 2.42. The molecule has 0 saturated heterocycles. The van der Waals surface area contributed by atoms with E-state index in [0.29, 0.717) is 17.2 Å². The van der Waals surface area contributed by atoms with Crippen LogP contribution in [0.1, 0.15) is 11.1 Å². The zero-order valence-electron chi connectivity index (χ0n) is 16.0. The van der Waals surface area contributed by atoms with Gasteiger partial charge >= 0.3 is 0 Å². The van der Waals surface area contributed by atoms with Crippen LogP contribution < -0.4 is 0 Å². The SMILES string of the molecule is N#Cc1c(/N=C/c2c[nH]c3ccccc23)oc(-c2ccccc2)c1-c1ccccc1. The topological polar surface area (TPSA) is 65.1 Å². The molecule has 2 aromatic heterocycles. The van der Waals surface area contributed by atoms with Crippen molar-refractivity contribution in [3.8, 4) is 28.5 Å². The third-order valence-corrected chi connectivity index (χ3v) is 5.04. The van der Waals surface area contributed by atoms with Crippen molar-refractivity contribution in [3.05, 3.63) is 102 Å². The Morgan fingerprint density at radius 3 is 2.23 bits per heavy atom. The van der Waals surface area contributed by atoms with Crippen LogP contribution in [0, 0.1) is 11.3 Å². The molecule has 0 amide bonds. The summed E-state index contributed by atoms with van der Waals surface area (Å²) in [5.74, 6) is 0.949. The zero-order valence-corrected chi connectivity index (χ0v) is 16.0. The van der Waals surface area contributed by atoms with Crippen molar-refractivity contribution in [1.29, 1.82) is 5.26 Å². The Hall–Kier alpha value is -4.36. The standard InChI is InChI=1S/C26H17N3O/c27-15-22-24(18-9-3-1-4-10-18)25(19-11-5-2-6-12-19)30-26(22)29-17-20-16-28-23-14-8-7-13-21(20)23/h1-14,16-17,28H/b29-17+. The van der Waals surface area contributed by atoms with Crippen molar-refractivity contribution in [2.75, 3.05) is 0 Å². The predicted octanol–water partition coefficient (Wildman–Crippen LogP) is 6.72. The molecule has 0 aliphatic carbocycles. The van der Waals surface area contributed by atoms with Crippen LogP contribution in [-0.4, -0.2) is 11.2 Å². The first kappa shape index (κ1) is 17.7. The van der Waals surface area contributed by atoms with Gasteiger partial charge in [0.15, 0.2) is 0 Å². The van der Waals surface area contributed by atoms with Gasteiger partial charge in [-0.25, -0.2) is 4.99 Å².